The van der Waals surface area contributed by atoms with Crippen LogP contribution in [0, 0.1) is 34.5 Å². The first kappa shape index (κ1) is 23.0. The predicted molar refractivity (Wildman–Crippen MR) is 130 cm³/mol. The van der Waals surface area contributed by atoms with Crippen molar-refractivity contribution in [3.05, 3.63) is 35.9 Å². The molecule has 6 aliphatic rings. The topological polar surface area (TPSA) is 108 Å². The minimum atomic E-state index is -0.633. The standard InChI is InChI=1S/C28H36N4O3/c1-31-22(8-17-5-3-2-4-6-17)26(34)35-28-13-18-7-19(14-28)12-27(11-18,16-28)24(30)25(33)32-21(15-29)9-20-10-23(20)32/h2-6,18-24,31H,7-14,16,30H2,1H3/t18-,19?,20?,21-,22?,23?,24+,27?,28?/m0/s1. The van der Waals surface area contributed by atoms with Gasteiger partial charge in [-0.05, 0) is 93.6 Å². The second kappa shape index (κ2) is 8.31. The van der Waals surface area contributed by atoms with Gasteiger partial charge in [-0.3, -0.25) is 9.59 Å². The maximum atomic E-state index is 13.7. The number of nitrogens with zero attached hydrogens (tertiary/aromatic N) is 2. The first-order chi connectivity index (χ1) is 16.9. The number of carbonyl (C=O) groups excluding carboxylic acids is 2. The van der Waals surface area contributed by atoms with Crippen LogP contribution in [0.15, 0.2) is 30.3 Å². The van der Waals surface area contributed by atoms with Gasteiger partial charge in [-0.25, -0.2) is 0 Å². The fraction of sp³-hybridized carbons (Fsp3) is 0.679. The van der Waals surface area contributed by atoms with E-state index in [1.807, 2.05) is 35.2 Å². The number of amides is 1. The lowest BCUT2D eigenvalue weighted by molar-refractivity contribution is -0.207. The number of benzene rings is 1. The van der Waals surface area contributed by atoms with E-state index < -0.39 is 17.7 Å². The van der Waals surface area contributed by atoms with Crippen molar-refractivity contribution >= 4 is 11.9 Å². The molecule has 1 amide bonds. The van der Waals surface area contributed by atoms with Crippen LogP contribution in [0.2, 0.25) is 0 Å². The van der Waals surface area contributed by atoms with E-state index in [2.05, 4.69) is 11.4 Å². The van der Waals surface area contributed by atoms with E-state index in [4.69, 9.17) is 10.5 Å². The predicted octanol–water partition coefficient (Wildman–Crippen LogP) is 2.54. The third-order valence-corrected chi connectivity index (χ3v) is 9.72. The molecule has 6 unspecified atom stereocenters. The number of nitrogens with one attached hydrogen (secondary N) is 1. The van der Waals surface area contributed by atoms with Gasteiger partial charge in [0.25, 0.3) is 0 Å². The molecular formula is C28H36N4O3. The van der Waals surface area contributed by atoms with Crippen LogP contribution in [-0.4, -0.2) is 53.6 Å². The lowest BCUT2D eigenvalue weighted by Crippen LogP contribution is -2.66. The summed E-state index contributed by atoms with van der Waals surface area (Å²) < 4.78 is 6.39. The van der Waals surface area contributed by atoms with Gasteiger partial charge in [0, 0.05) is 6.04 Å². The quantitative estimate of drug-likeness (QED) is 0.586. The molecule has 9 atom stereocenters. The van der Waals surface area contributed by atoms with Gasteiger partial charge in [0.2, 0.25) is 5.91 Å². The third-order valence-electron chi connectivity index (χ3n) is 9.72. The SMILES string of the molecule is CNC(Cc1ccccc1)C(=O)OC12CC3C[C@H](C1)CC([C@H](N)C(=O)N1C4CC4C[C@H]1C#N)(C3)C2. The number of hydrogen-bond donors (Lipinski definition) is 2. The first-order valence-electron chi connectivity index (χ1n) is 13.3. The van der Waals surface area contributed by atoms with Gasteiger partial charge in [0.15, 0.2) is 0 Å². The fourth-order valence-electron chi connectivity index (χ4n) is 8.48. The molecule has 3 N–H and O–H groups in total. The zero-order valence-electron chi connectivity index (χ0n) is 20.5. The highest BCUT2D eigenvalue weighted by molar-refractivity contribution is 5.84. The van der Waals surface area contributed by atoms with Crippen LogP contribution in [-0.2, 0) is 20.7 Å². The molecule has 0 spiro atoms. The van der Waals surface area contributed by atoms with Gasteiger partial charge < -0.3 is 20.7 Å². The Labute approximate surface area is 207 Å². The van der Waals surface area contributed by atoms with E-state index >= 15 is 0 Å². The highest BCUT2D eigenvalue weighted by atomic mass is 16.6. The number of rotatable bonds is 7. The number of nitriles is 1. The summed E-state index contributed by atoms with van der Waals surface area (Å²) in [6.45, 7) is 0. The van der Waals surface area contributed by atoms with Crippen LogP contribution in [0.25, 0.3) is 0 Å². The number of piperidine rings is 1. The summed E-state index contributed by atoms with van der Waals surface area (Å²) in [7, 11) is 1.80. The largest absolute Gasteiger partial charge is 0.458 e. The van der Waals surface area contributed by atoms with E-state index in [1.165, 1.54) is 0 Å². The zero-order valence-corrected chi connectivity index (χ0v) is 20.5. The van der Waals surface area contributed by atoms with Crippen molar-refractivity contribution < 1.29 is 14.3 Å². The Morgan fingerprint density at radius 3 is 2.54 bits per heavy atom. The number of carbonyl (C=O) groups is 2. The van der Waals surface area contributed by atoms with Crippen LogP contribution in [0.3, 0.4) is 0 Å². The van der Waals surface area contributed by atoms with Crippen LogP contribution in [0.5, 0.6) is 0 Å². The van der Waals surface area contributed by atoms with Gasteiger partial charge in [0.1, 0.15) is 17.7 Å². The van der Waals surface area contributed by atoms with Crippen LogP contribution < -0.4 is 11.1 Å². The number of ether oxygens (including phenoxy) is 1. The highest BCUT2D eigenvalue weighted by Crippen LogP contribution is 2.64. The molecule has 0 aromatic heterocycles. The second-order valence-corrected chi connectivity index (χ2v) is 12.1. The smallest absolute Gasteiger partial charge is 0.324 e. The van der Waals surface area contributed by atoms with Crippen molar-refractivity contribution in [3.8, 4) is 6.07 Å². The minimum Gasteiger partial charge on any atom is -0.458 e. The van der Waals surface area contributed by atoms with E-state index in [0.717, 1.165) is 50.5 Å². The van der Waals surface area contributed by atoms with Crippen molar-refractivity contribution in [3.63, 3.8) is 0 Å². The molecule has 35 heavy (non-hydrogen) atoms. The average molecular weight is 477 g/mol. The van der Waals surface area contributed by atoms with Crippen LogP contribution in [0.1, 0.15) is 56.9 Å². The Morgan fingerprint density at radius 2 is 1.89 bits per heavy atom. The summed E-state index contributed by atoms with van der Waals surface area (Å²) in [5.41, 5.74) is 7.03. The Morgan fingerprint density at radius 1 is 1.17 bits per heavy atom. The molecule has 5 aliphatic carbocycles. The molecule has 1 saturated heterocycles. The van der Waals surface area contributed by atoms with Gasteiger partial charge in [0.05, 0.1) is 12.1 Å². The van der Waals surface area contributed by atoms with E-state index in [1.54, 1.807) is 7.05 Å². The Bertz CT molecular complexity index is 1040. The van der Waals surface area contributed by atoms with Crippen LogP contribution >= 0.6 is 0 Å². The second-order valence-electron chi connectivity index (χ2n) is 12.1. The molecule has 1 heterocycles. The molecule has 6 fully saturated rings. The van der Waals surface area contributed by atoms with Gasteiger partial charge in [-0.1, -0.05) is 30.3 Å². The summed E-state index contributed by atoms with van der Waals surface area (Å²) >= 11 is 0. The summed E-state index contributed by atoms with van der Waals surface area (Å²) in [6, 6.07) is 11.1. The van der Waals surface area contributed by atoms with E-state index in [0.29, 0.717) is 30.6 Å². The lowest BCUT2D eigenvalue weighted by Gasteiger charge is -2.62. The first-order valence-corrected chi connectivity index (χ1v) is 13.3. The zero-order chi connectivity index (χ0) is 24.4. The molecule has 7 rings (SSSR count). The summed E-state index contributed by atoms with van der Waals surface area (Å²) in [5.74, 6) is 1.08. The van der Waals surface area contributed by atoms with Crippen molar-refractivity contribution in [1.82, 2.24) is 10.2 Å². The number of hydrogen-bond acceptors (Lipinski definition) is 6. The summed E-state index contributed by atoms with van der Waals surface area (Å²) in [4.78, 5) is 28.9. The molecule has 1 aromatic carbocycles. The minimum absolute atomic E-state index is 0.0536. The molecule has 4 bridgehead atoms. The Kier molecular flexibility index (Phi) is 5.46. The lowest BCUT2D eigenvalue weighted by atomic mass is 9.46. The number of likely N-dealkylation sites (tertiary alicyclic amines) is 1. The normalized spacial score (nSPS) is 40.0. The summed E-state index contributed by atoms with van der Waals surface area (Å²) in [6.07, 6.45) is 7.75. The third kappa shape index (κ3) is 3.86. The monoisotopic (exact) mass is 476 g/mol. The van der Waals surface area contributed by atoms with E-state index in [9.17, 15) is 14.9 Å². The molecule has 186 valence electrons. The Balaban J connectivity index is 1.21. The van der Waals surface area contributed by atoms with Gasteiger partial charge in [-0.2, -0.15) is 5.26 Å². The van der Waals surface area contributed by atoms with Gasteiger partial charge >= 0.3 is 5.97 Å². The van der Waals surface area contributed by atoms with Crippen molar-refractivity contribution in [2.75, 3.05) is 7.05 Å². The van der Waals surface area contributed by atoms with E-state index in [-0.39, 0.29) is 29.4 Å². The average Bonchev–Trinajstić information content (AvgIpc) is 3.50. The van der Waals surface area contributed by atoms with Crippen molar-refractivity contribution in [2.24, 2.45) is 28.9 Å². The number of fused-ring (bicyclic) bond motifs is 1. The van der Waals surface area contributed by atoms with Crippen molar-refractivity contribution in [1.29, 1.82) is 5.26 Å². The maximum absolute atomic E-state index is 13.7. The molecular weight excluding hydrogens is 440 g/mol. The number of esters is 1. The van der Waals surface area contributed by atoms with Crippen molar-refractivity contribution in [2.45, 2.75) is 87.6 Å². The fourth-order valence-corrected chi connectivity index (χ4v) is 8.48. The molecule has 0 radical (unpaired) electrons. The molecule has 7 heteroatoms. The number of likely N-dealkylation sites (N-methyl/N-ethyl adjacent to an activating group) is 1. The van der Waals surface area contributed by atoms with Crippen LogP contribution in [0.4, 0.5) is 0 Å². The molecule has 7 nitrogen and oxygen atoms in total. The number of nitrogens with two attached hydrogens (primary N) is 1. The summed E-state index contributed by atoms with van der Waals surface area (Å²) in [5, 5.41) is 12.8. The molecule has 1 aromatic rings. The molecule has 5 saturated carbocycles. The maximum Gasteiger partial charge on any atom is 0.324 e. The van der Waals surface area contributed by atoms with Gasteiger partial charge in [-0.15, -0.1) is 0 Å². The Hall–Kier alpha value is -2.43. The molecule has 1 aliphatic heterocycles. The highest BCUT2D eigenvalue weighted by Gasteiger charge is 2.64.